The Morgan fingerprint density at radius 3 is 2.54 bits per heavy atom. The van der Waals surface area contributed by atoms with E-state index in [1.165, 1.54) is 19.1 Å². The van der Waals surface area contributed by atoms with Gasteiger partial charge in [-0.3, -0.25) is 9.59 Å². The normalized spacial score (nSPS) is 11.7. The van der Waals surface area contributed by atoms with Crippen molar-refractivity contribution in [1.29, 1.82) is 0 Å². The first-order valence-electron chi connectivity index (χ1n) is 8.64. The maximum atomic E-state index is 12.4. The molecule has 1 heterocycles. The second-order valence-corrected chi connectivity index (χ2v) is 6.19. The van der Waals surface area contributed by atoms with Crippen LogP contribution in [0.15, 0.2) is 36.4 Å². The summed E-state index contributed by atoms with van der Waals surface area (Å²) in [5, 5.41) is 2.62. The SMILES string of the molecule is COc1ccc(C(=O)NCC(=O)N(C)Cc2ccc3c(c2)OCO3)cc1OC. The molecule has 0 aromatic heterocycles. The van der Waals surface area contributed by atoms with Crippen molar-refractivity contribution in [3.05, 3.63) is 47.5 Å². The Morgan fingerprint density at radius 1 is 1.04 bits per heavy atom. The number of hydrogen-bond donors (Lipinski definition) is 1. The third-order valence-corrected chi connectivity index (χ3v) is 4.33. The van der Waals surface area contributed by atoms with E-state index in [0.717, 1.165) is 5.56 Å². The zero-order valence-corrected chi connectivity index (χ0v) is 16.0. The van der Waals surface area contributed by atoms with Crippen molar-refractivity contribution in [3.63, 3.8) is 0 Å². The number of likely N-dealkylation sites (N-methyl/N-ethyl adjacent to an activating group) is 1. The molecule has 0 aliphatic carbocycles. The zero-order valence-electron chi connectivity index (χ0n) is 16.0. The summed E-state index contributed by atoms with van der Waals surface area (Å²) in [5.41, 5.74) is 1.29. The molecule has 0 bridgehead atoms. The average molecular weight is 386 g/mol. The van der Waals surface area contributed by atoms with Crippen molar-refractivity contribution >= 4 is 11.8 Å². The summed E-state index contributed by atoms with van der Waals surface area (Å²) in [6.45, 7) is 0.478. The first kappa shape index (κ1) is 19.3. The summed E-state index contributed by atoms with van der Waals surface area (Å²) in [6.07, 6.45) is 0. The first-order chi connectivity index (χ1) is 13.5. The van der Waals surface area contributed by atoms with Crippen molar-refractivity contribution in [2.45, 2.75) is 6.54 Å². The van der Waals surface area contributed by atoms with Gasteiger partial charge in [0.05, 0.1) is 20.8 Å². The summed E-state index contributed by atoms with van der Waals surface area (Å²) >= 11 is 0. The van der Waals surface area contributed by atoms with Crippen molar-refractivity contribution < 1.29 is 28.5 Å². The summed E-state index contributed by atoms with van der Waals surface area (Å²) < 4.78 is 21.0. The van der Waals surface area contributed by atoms with E-state index in [1.807, 2.05) is 18.2 Å². The molecule has 8 heteroatoms. The van der Waals surface area contributed by atoms with E-state index >= 15 is 0 Å². The fourth-order valence-electron chi connectivity index (χ4n) is 2.77. The third kappa shape index (κ3) is 4.28. The molecule has 0 spiro atoms. The minimum Gasteiger partial charge on any atom is -0.493 e. The molecule has 1 aliphatic heterocycles. The topological polar surface area (TPSA) is 86.3 Å². The van der Waals surface area contributed by atoms with Gasteiger partial charge in [0.2, 0.25) is 12.7 Å². The molecule has 2 aromatic rings. The van der Waals surface area contributed by atoms with Gasteiger partial charge in [0.1, 0.15) is 0 Å². The van der Waals surface area contributed by atoms with Crippen LogP contribution in [0.5, 0.6) is 23.0 Å². The molecule has 0 atom stereocenters. The maximum Gasteiger partial charge on any atom is 0.251 e. The quantitative estimate of drug-likeness (QED) is 0.781. The summed E-state index contributed by atoms with van der Waals surface area (Å²) in [6, 6.07) is 10.3. The lowest BCUT2D eigenvalue weighted by Crippen LogP contribution is -2.37. The van der Waals surface area contributed by atoms with Gasteiger partial charge in [-0.25, -0.2) is 0 Å². The first-order valence-corrected chi connectivity index (χ1v) is 8.64. The van der Waals surface area contributed by atoms with Crippen molar-refractivity contribution in [1.82, 2.24) is 10.2 Å². The Balaban J connectivity index is 1.55. The second-order valence-electron chi connectivity index (χ2n) is 6.19. The fourth-order valence-corrected chi connectivity index (χ4v) is 2.77. The molecule has 28 heavy (non-hydrogen) atoms. The average Bonchev–Trinajstić information content (AvgIpc) is 3.18. The van der Waals surface area contributed by atoms with Gasteiger partial charge in [0, 0.05) is 19.2 Å². The molecule has 0 saturated carbocycles. The van der Waals surface area contributed by atoms with Gasteiger partial charge >= 0.3 is 0 Å². The molecule has 0 fully saturated rings. The molecule has 3 rings (SSSR count). The molecule has 0 unspecified atom stereocenters. The van der Waals surface area contributed by atoms with E-state index in [2.05, 4.69) is 5.32 Å². The summed E-state index contributed by atoms with van der Waals surface area (Å²) in [4.78, 5) is 26.2. The van der Waals surface area contributed by atoms with Gasteiger partial charge in [-0.2, -0.15) is 0 Å². The lowest BCUT2D eigenvalue weighted by Gasteiger charge is -2.18. The van der Waals surface area contributed by atoms with E-state index in [4.69, 9.17) is 18.9 Å². The number of carbonyl (C=O) groups excluding carboxylic acids is 2. The number of nitrogens with zero attached hydrogens (tertiary/aromatic N) is 1. The van der Waals surface area contributed by atoms with Gasteiger partial charge < -0.3 is 29.2 Å². The van der Waals surface area contributed by atoms with Gasteiger partial charge in [-0.05, 0) is 35.9 Å². The van der Waals surface area contributed by atoms with Crippen LogP contribution in [0.2, 0.25) is 0 Å². The van der Waals surface area contributed by atoms with E-state index in [1.54, 1.807) is 25.2 Å². The Kier molecular flexibility index (Phi) is 5.88. The monoisotopic (exact) mass is 386 g/mol. The highest BCUT2D eigenvalue weighted by atomic mass is 16.7. The molecule has 1 aliphatic rings. The minimum absolute atomic E-state index is 0.117. The molecule has 2 aromatic carbocycles. The van der Waals surface area contributed by atoms with Crippen LogP contribution in [-0.4, -0.2) is 51.3 Å². The molecule has 1 N–H and O–H groups in total. The Hall–Kier alpha value is -3.42. The number of ether oxygens (including phenoxy) is 4. The van der Waals surface area contributed by atoms with Crippen LogP contribution in [0, 0.1) is 0 Å². The number of nitrogens with one attached hydrogen (secondary N) is 1. The Morgan fingerprint density at radius 2 is 1.79 bits per heavy atom. The molecular weight excluding hydrogens is 364 g/mol. The van der Waals surface area contributed by atoms with Crippen LogP contribution in [0.3, 0.4) is 0 Å². The lowest BCUT2D eigenvalue weighted by molar-refractivity contribution is -0.129. The predicted octanol–water partition coefficient (Wildman–Crippen LogP) is 1.82. The van der Waals surface area contributed by atoms with Crippen molar-refractivity contribution in [3.8, 4) is 23.0 Å². The number of rotatable bonds is 7. The maximum absolute atomic E-state index is 12.4. The largest absolute Gasteiger partial charge is 0.493 e. The molecule has 0 saturated heterocycles. The van der Waals surface area contributed by atoms with E-state index in [-0.39, 0.29) is 25.2 Å². The highest BCUT2D eigenvalue weighted by Crippen LogP contribution is 2.32. The number of fused-ring (bicyclic) bond motifs is 1. The van der Waals surface area contributed by atoms with E-state index in [0.29, 0.717) is 35.1 Å². The molecule has 0 radical (unpaired) electrons. The number of carbonyl (C=O) groups is 2. The highest BCUT2D eigenvalue weighted by molar-refractivity contribution is 5.97. The molecular formula is C20H22N2O6. The Bertz CT molecular complexity index is 883. The molecule has 2 amide bonds. The summed E-state index contributed by atoms with van der Waals surface area (Å²) in [5.74, 6) is 1.75. The standard InChI is InChI=1S/C20H22N2O6/c1-22(11-13-4-6-16-18(8-13)28-12-27-16)19(23)10-21-20(24)14-5-7-15(25-2)17(9-14)26-3/h4-9H,10-12H2,1-3H3,(H,21,24). The van der Waals surface area contributed by atoms with Crippen LogP contribution < -0.4 is 24.3 Å². The number of hydrogen-bond acceptors (Lipinski definition) is 6. The van der Waals surface area contributed by atoms with Crippen LogP contribution in [0.25, 0.3) is 0 Å². The number of amides is 2. The van der Waals surface area contributed by atoms with Gasteiger partial charge in [-0.1, -0.05) is 6.07 Å². The summed E-state index contributed by atoms with van der Waals surface area (Å²) in [7, 11) is 4.69. The van der Waals surface area contributed by atoms with Gasteiger partial charge in [-0.15, -0.1) is 0 Å². The van der Waals surface area contributed by atoms with E-state index in [9.17, 15) is 9.59 Å². The van der Waals surface area contributed by atoms with Crippen LogP contribution in [0.1, 0.15) is 15.9 Å². The van der Waals surface area contributed by atoms with Crippen LogP contribution in [-0.2, 0) is 11.3 Å². The van der Waals surface area contributed by atoms with Crippen molar-refractivity contribution in [2.24, 2.45) is 0 Å². The van der Waals surface area contributed by atoms with Crippen LogP contribution >= 0.6 is 0 Å². The number of methoxy groups -OCH3 is 2. The minimum atomic E-state index is -0.370. The van der Waals surface area contributed by atoms with E-state index < -0.39 is 0 Å². The smallest absolute Gasteiger partial charge is 0.251 e. The number of benzene rings is 2. The van der Waals surface area contributed by atoms with Gasteiger partial charge in [0.25, 0.3) is 5.91 Å². The zero-order chi connectivity index (χ0) is 20.1. The molecule has 8 nitrogen and oxygen atoms in total. The predicted molar refractivity (Wildman–Crippen MR) is 101 cm³/mol. The second kappa shape index (κ2) is 8.51. The van der Waals surface area contributed by atoms with Gasteiger partial charge in [0.15, 0.2) is 23.0 Å². The third-order valence-electron chi connectivity index (χ3n) is 4.33. The molecule has 148 valence electrons. The fraction of sp³-hybridized carbons (Fsp3) is 0.300. The lowest BCUT2D eigenvalue weighted by atomic mass is 10.2. The highest BCUT2D eigenvalue weighted by Gasteiger charge is 2.17. The van der Waals surface area contributed by atoms with Crippen molar-refractivity contribution in [2.75, 3.05) is 34.6 Å². The Labute approximate surface area is 162 Å². The van der Waals surface area contributed by atoms with Crippen LogP contribution in [0.4, 0.5) is 0 Å².